The molecule has 0 aliphatic rings. The van der Waals surface area contributed by atoms with Gasteiger partial charge in [0.2, 0.25) is 0 Å². The van der Waals surface area contributed by atoms with E-state index >= 15 is 0 Å². The molecule has 5 heteroatoms. The number of thioether (sulfide) groups is 1. The Morgan fingerprint density at radius 2 is 2.17 bits per heavy atom. The number of aromatic nitrogens is 1. The molecule has 0 aliphatic carbocycles. The third kappa shape index (κ3) is 5.40. The maximum Gasteiger partial charge on any atom is 0.339 e. The van der Waals surface area contributed by atoms with Gasteiger partial charge in [-0.05, 0) is 30.9 Å². The first kappa shape index (κ1) is 14.8. The monoisotopic (exact) mass is 268 g/mol. The maximum atomic E-state index is 10.9. The lowest BCUT2D eigenvalue weighted by atomic mass is 10.2. The fourth-order valence-electron chi connectivity index (χ4n) is 1.67. The minimum Gasteiger partial charge on any atom is -0.478 e. The second-order valence-electron chi connectivity index (χ2n) is 4.06. The van der Waals surface area contributed by atoms with Crippen molar-refractivity contribution in [1.29, 1.82) is 0 Å². The number of carboxylic acids is 1. The lowest BCUT2D eigenvalue weighted by molar-refractivity contribution is 0.0697. The van der Waals surface area contributed by atoms with E-state index in [1.54, 1.807) is 12.3 Å². The summed E-state index contributed by atoms with van der Waals surface area (Å²) in [6.07, 6.45) is 9.85. The molecule has 1 aromatic heterocycles. The first-order chi connectivity index (χ1) is 8.75. The third-order valence-corrected chi connectivity index (χ3v) is 3.34. The number of unbranched alkanes of at least 4 members (excludes halogenated alkanes) is 3. The van der Waals surface area contributed by atoms with Crippen LogP contribution in [-0.4, -0.2) is 34.6 Å². The van der Waals surface area contributed by atoms with E-state index in [0.29, 0.717) is 5.69 Å². The van der Waals surface area contributed by atoms with Gasteiger partial charge in [0.1, 0.15) is 5.56 Å². The van der Waals surface area contributed by atoms with Crippen LogP contribution in [0.25, 0.3) is 0 Å². The van der Waals surface area contributed by atoms with Gasteiger partial charge in [0.05, 0.1) is 5.69 Å². The van der Waals surface area contributed by atoms with Crippen molar-refractivity contribution in [3.8, 4) is 0 Å². The zero-order valence-electron chi connectivity index (χ0n) is 10.7. The first-order valence-electron chi connectivity index (χ1n) is 6.16. The molecule has 0 atom stereocenters. The molecule has 0 spiro atoms. The maximum absolute atomic E-state index is 10.9. The van der Waals surface area contributed by atoms with Crippen LogP contribution in [0.1, 0.15) is 36.0 Å². The van der Waals surface area contributed by atoms with E-state index in [1.807, 2.05) is 11.8 Å². The van der Waals surface area contributed by atoms with Crippen molar-refractivity contribution >= 4 is 23.4 Å². The third-order valence-electron chi connectivity index (χ3n) is 2.64. The fraction of sp³-hybridized carbons (Fsp3) is 0.538. The minimum absolute atomic E-state index is 0.236. The Morgan fingerprint density at radius 3 is 2.89 bits per heavy atom. The summed E-state index contributed by atoms with van der Waals surface area (Å²) < 4.78 is 0. The summed E-state index contributed by atoms with van der Waals surface area (Å²) in [5.74, 6) is 0.284. The summed E-state index contributed by atoms with van der Waals surface area (Å²) in [6.45, 7) is 0.809. The molecule has 0 unspecified atom stereocenters. The smallest absolute Gasteiger partial charge is 0.339 e. The normalized spacial score (nSPS) is 10.3. The topological polar surface area (TPSA) is 62.2 Å². The highest BCUT2D eigenvalue weighted by atomic mass is 32.2. The number of rotatable bonds is 9. The van der Waals surface area contributed by atoms with Crippen molar-refractivity contribution in [2.24, 2.45) is 0 Å². The predicted octanol–water partition coefficient (Wildman–Crippen LogP) is 3.12. The Labute approximate surface area is 112 Å². The van der Waals surface area contributed by atoms with Gasteiger partial charge in [-0.25, -0.2) is 4.79 Å². The first-order valence-corrected chi connectivity index (χ1v) is 7.55. The Bertz CT molecular complexity index is 372. The highest BCUT2D eigenvalue weighted by molar-refractivity contribution is 7.98. The highest BCUT2D eigenvalue weighted by Gasteiger charge is 2.08. The van der Waals surface area contributed by atoms with Crippen molar-refractivity contribution in [3.05, 3.63) is 24.0 Å². The van der Waals surface area contributed by atoms with Gasteiger partial charge in [-0.3, -0.25) is 4.98 Å². The number of hydrogen-bond donors (Lipinski definition) is 2. The predicted molar refractivity (Wildman–Crippen MR) is 76.5 cm³/mol. The Kier molecular flexibility index (Phi) is 7.25. The average Bonchev–Trinajstić information content (AvgIpc) is 2.38. The quantitative estimate of drug-likeness (QED) is 0.674. The number of aromatic carboxylic acids is 1. The van der Waals surface area contributed by atoms with E-state index in [4.69, 9.17) is 5.11 Å². The van der Waals surface area contributed by atoms with Crippen LogP contribution in [0, 0.1) is 0 Å². The molecule has 2 N–H and O–H groups in total. The minimum atomic E-state index is -0.939. The van der Waals surface area contributed by atoms with Gasteiger partial charge in [0, 0.05) is 18.9 Å². The number of anilines is 1. The summed E-state index contributed by atoms with van der Waals surface area (Å²) in [7, 11) is 0. The molecule has 0 fully saturated rings. The number of carboxylic acid groups (broad SMARTS) is 1. The van der Waals surface area contributed by atoms with Crippen LogP contribution in [0.4, 0.5) is 5.69 Å². The van der Waals surface area contributed by atoms with Crippen LogP contribution >= 0.6 is 11.8 Å². The van der Waals surface area contributed by atoms with Crippen LogP contribution in [0.3, 0.4) is 0 Å². The molecular weight excluding hydrogens is 248 g/mol. The molecule has 1 rings (SSSR count). The second kappa shape index (κ2) is 8.80. The van der Waals surface area contributed by atoms with E-state index in [1.165, 1.54) is 31.2 Å². The van der Waals surface area contributed by atoms with E-state index < -0.39 is 5.97 Å². The Balaban J connectivity index is 2.25. The van der Waals surface area contributed by atoms with Crippen LogP contribution < -0.4 is 5.32 Å². The highest BCUT2D eigenvalue weighted by Crippen LogP contribution is 2.13. The molecular formula is C13H20N2O2S. The zero-order valence-corrected chi connectivity index (χ0v) is 11.5. The molecule has 1 aromatic rings. The van der Waals surface area contributed by atoms with Gasteiger partial charge in [0.25, 0.3) is 0 Å². The number of nitrogens with zero attached hydrogens (tertiary/aromatic N) is 1. The van der Waals surface area contributed by atoms with Gasteiger partial charge in [-0.2, -0.15) is 11.8 Å². The number of hydrogen-bond acceptors (Lipinski definition) is 4. The number of nitrogens with one attached hydrogen (secondary N) is 1. The van der Waals surface area contributed by atoms with Crippen LogP contribution in [0.15, 0.2) is 18.5 Å². The molecule has 0 saturated heterocycles. The Hall–Kier alpha value is -1.23. The van der Waals surface area contributed by atoms with Gasteiger partial charge in [-0.15, -0.1) is 0 Å². The van der Waals surface area contributed by atoms with E-state index in [0.717, 1.165) is 13.0 Å². The van der Waals surface area contributed by atoms with Crippen LogP contribution in [0.2, 0.25) is 0 Å². The largest absolute Gasteiger partial charge is 0.478 e. The van der Waals surface area contributed by atoms with Crippen LogP contribution in [0.5, 0.6) is 0 Å². The molecule has 1 heterocycles. The number of carbonyl (C=O) groups is 1. The Morgan fingerprint density at radius 1 is 1.39 bits per heavy atom. The summed E-state index contributed by atoms with van der Waals surface area (Å²) in [4.78, 5) is 14.8. The zero-order chi connectivity index (χ0) is 13.2. The van der Waals surface area contributed by atoms with Gasteiger partial charge in [-0.1, -0.05) is 12.8 Å². The molecule has 100 valence electrons. The summed E-state index contributed by atoms with van der Waals surface area (Å²) >= 11 is 1.88. The molecule has 4 nitrogen and oxygen atoms in total. The van der Waals surface area contributed by atoms with Crippen molar-refractivity contribution < 1.29 is 9.90 Å². The van der Waals surface area contributed by atoms with Gasteiger partial charge in [0.15, 0.2) is 0 Å². The lowest BCUT2D eigenvalue weighted by Crippen LogP contribution is -2.08. The van der Waals surface area contributed by atoms with Gasteiger partial charge < -0.3 is 10.4 Å². The molecule has 0 aliphatic heterocycles. The van der Waals surface area contributed by atoms with E-state index in [-0.39, 0.29) is 5.56 Å². The SMILES string of the molecule is CSCCCCCCNc1ccncc1C(=O)O. The van der Waals surface area contributed by atoms with Crippen molar-refractivity contribution in [2.45, 2.75) is 25.7 Å². The molecule has 0 bridgehead atoms. The van der Waals surface area contributed by atoms with Crippen LogP contribution in [-0.2, 0) is 0 Å². The molecule has 18 heavy (non-hydrogen) atoms. The number of pyridine rings is 1. The summed E-state index contributed by atoms with van der Waals surface area (Å²) in [6, 6.07) is 1.71. The van der Waals surface area contributed by atoms with Gasteiger partial charge >= 0.3 is 5.97 Å². The molecule has 0 amide bonds. The van der Waals surface area contributed by atoms with Crippen molar-refractivity contribution in [3.63, 3.8) is 0 Å². The van der Waals surface area contributed by atoms with E-state index in [2.05, 4.69) is 16.6 Å². The molecule has 0 aromatic carbocycles. The average molecular weight is 268 g/mol. The van der Waals surface area contributed by atoms with Crippen molar-refractivity contribution in [1.82, 2.24) is 4.98 Å². The standard InChI is InChI=1S/C13H20N2O2S/c1-18-9-5-3-2-4-7-15-12-6-8-14-10-11(12)13(16)17/h6,8,10H,2-5,7,9H2,1H3,(H,14,15)(H,16,17). The summed E-state index contributed by atoms with van der Waals surface area (Å²) in [5, 5.41) is 12.1. The van der Waals surface area contributed by atoms with E-state index in [9.17, 15) is 4.79 Å². The lowest BCUT2D eigenvalue weighted by Gasteiger charge is -2.08. The molecule has 0 radical (unpaired) electrons. The second-order valence-corrected chi connectivity index (χ2v) is 5.05. The van der Waals surface area contributed by atoms with Crippen molar-refractivity contribution in [2.75, 3.05) is 23.9 Å². The molecule has 0 saturated carbocycles. The fourth-order valence-corrected chi connectivity index (χ4v) is 2.16. The summed E-state index contributed by atoms with van der Waals surface area (Å²) in [5.41, 5.74) is 0.890.